The Kier molecular flexibility index (Phi) is 13.4. The number of rotatable bonds is 16. The van der Waals surface area contributed by atoms with Gasteiger partial charge in [0.05, 0.1) is 38.0 Å². The average molecular weight is 494 g/mol. The van der Waals surface area contributed by atoms with E-state index in [0.29, 0.717) is 25.2 Å². The van der Waals surface area contributed by atoms with Gasteiger partial charge in [-0.1, -0.05) is 12.1 Å². The second kappa shape index (κ2) is 14.8. The SMILES string of the molecule is O=C(NCCC[P+](CO)(CO)CO)c1ccccc1C(=O)NCCC[P+](CO)(CO)CO. The van der Waals surface area contributed by atoms with Crippen LogP contribution < -0.4 is 10.6 Å². The maximum absolute atomic E-state index is 12.6. The summed E-state index contributed by atoms with van der Waals surface area (Å²) in [6.45, 7) is 0.539. The predicted octanol–water partition coefficient (Wildman–Crippen LogP) is -0.340. The van der Waals surface area contributed by atoms with Gasteiger partial charge < -0.3 is 41.3 Å². The maximum atomic E-state index is 12.6. The van der Waals surface area contributed by atoms with Crippen LogP contribution in [-0.4, -0.2) is 106 Å². The fraction of sp³-hybridized carbons (Fsp3) is 0.600. The van der Waals surface area contributed by atoms with Crippen molar-refractivity contribution in [2.45, 2.75) is 12.8 Å². The van der Waals surface area contributed by atoms with Crippen molar-refractivity contribution in [2.24, 2.45) is 0 Å². The Morgan fingerprint density at radius 1 is 0.625 bits per heavy atom. The van der Waals surface area contributed by atoms with E-state index in [1.54, 1.807) is 12.1 Å². The normalized spacial score (nSPS) is 11.9. The van der Waals surface area contributed by atoms with Gasteiger partial charge in [0, 0.05) is 13.1 Å². The summed E-state index contributed by atoms with van der Waals surface area (Å²) in [5.74, 6) is -0.857. The Labute approximate surface area is 189 Å². The summed E-state index contributed by atoms with van der Waals surface area (Å²) in [6, 6.07) is 6.37. The quantitative estimate of drug-likeness (QED) is 0.114. The molecule has 0 fully saturated rings. The van der Waals surface area contributed by atoms with Gasteiger partial charge in [0.15, 0.2) is 38.1 Å². The molecule has 1 aromatic carbocycles. The monoisotopic (exact) mass is 494 g/mol. The number of benzene rings is 1. The topological polar surface area (TPSA) is 180 Å². The number of carbonyl (C=O) groups excluding carboxylic acids is 2. The zero-order valence-corrected chi connectivity index (χ0v) is 20.0. The number of hydrogen-bond acceptors (Lipinski definition) is 8. The molecule has 32 heavy (non-hydrogen) atoms. The molecule has 0 aromatic heterocycles. The zero-order valence-electron chi connectivity index (χ0n) is 18.2. The van der Waals surface area contributed by atoms with E-state index in [-0.39, 0.29) is 62.3 Å². The molecule has 182 valence electrons. The number of aliphatic hydroxyl groups excluding tert-OH is 6. The van der Waals surface area contributed by atoms with Crippen LogP contribution >= 0.6 is 14.5 Å². The van der Waals surface area contributed by atoms with E-state index in [4.69, 9.17) is 0 Å². The summed E-state index contributed by atoms with van der Waals surface area (Å²) in [5, 5.41) is 61.8. The fourth-order valence-electron chi connectivity index (χ4n) is 2.99. The molecule has 0 heterocycles. The van der Waals surface area contributed by atoms with Gasteiger partial charge >= 0.3 is 0 Å². The molecule has 1 aromatic rings. The van der Waals surface area contributed by atoms with Crippen molar-refractivity contribution in [3.05, 3.63) is 35.4 Å². The van der Waals surface area contributed by atoms with Gasteiger partial charge in [-0.25, -0.2) is 0 Å². The van der Waals surface area contributed by atoms with Gasteiger partial charge in [-0.15, -0.1) is 0 Å². The van der Waals surface area contributed by atoms with Gasteiger partial charge in [0.25, 0.3) is 11.8 Å². The Morgan fingerprint density at radius 2 is 0.938 bits per heavy atom. The van der Waals surface area contributed by atoms with E-state index < -0.39 is 26.3 Å². The van der Waals surface area contributed by atoms with E-state index >= 15 is 0 Å². The van der Waals surface area contributed by atoms with Crippen LogP contribution in [0.2, 0.25) is 0 Å². The van der Waals surface area contributed by atoms with Crippen molar-refractivity contribution in [1.29, 1.82) is 0 Å². The Balaban J connectivity index is 2.61. The lowest BCUT2D eigenvalue weighted by Crippen LogP contribution is -2.31. The molecular weight excluding hydrogens is 458 g/mol. The Hall–Kier alpha value is -1.22. The molecule has 0 aliphatic carbocycles. The number of carbonyl (C=O) groups is 2. The molecule has 0 unspecified atom stereocenters. The van der Waals surface area contributed by atoms with Crippen LogP contribution in [0.5, 0.6) is 0 Å². The third-order valence-corrected chi connectivity index (χ3v) is 11.5. The molecule has 0 saturated heterocycles. The highest BCUT2D eigenvalue weighted by molar-refractivity contribution is 7.75. The second-order valence-corrected chi connectivity index (χ2v) is 15.7. The minimum atomic E-state index is -2.22. The molecule has 0 radical (unpaired) electrons. The lowest BCUT2D eigenvalue weighted by molar-refractivity contribution is 0.0919. The van der Waals surface area contributed by atoms with E-state index in [9.17, 15) is 40.2 Å². The second-order valence-electron chi connectivity index (χ2n) is 7.74. The third kappa shape index (κ3) is 8.28. The van der Waals surface area contributed by atoms with Gasteiger partial charge in [-0.05, 0) is 25.0 Å². The summed E-state index contributed by atoms with van der Waals surface area (Å²) < 4.78 is 0. The molecule has 0 aliphatic rings. The highest BCUT2D eigenvalue weighted by Gasteiger charge is 2.35. The molecule has 0 aliphatic heterocycles. The van der Waals surface area contributed by atoms with Crippen LogP contribution in [0.4, 0.5) is 0 Å². The van der Waals surface area contributed by atoms with Crippen molar-refractivity contribution in [1.82, 2.24) is 10.6 Å². The molecule has 0 spiro atoms. The van der Waals surface area contributed by atoms with Crippen molar-refractivity contribution in [3.8, 4) is 0 Å². The number of nitrogens with one attached hydrogen (secondary N) is 2. The Bertz CT molecular complexity index is 639. The van der Waals surface area contributed by atoms with E-state index in [1.165, 1.54) is 12.1 Å². The van der Waals surface area contributed by atoms with Crippen molar-refractivity contribution >= 4 is 26.3 Å². The lowest BCUT2D eigenvalue weighted by atomic mass is 10.1. The first-order valence-corrected chi connectivity index (χ1v) is 15.4. The number of amides is 2. The fourth-order valence-corrected chi connectivity index (χ4v) is 6.04. The summed E-state index contributed by atoms with van der Waals surface area (Å²) in [5.41, 5.74) is 0.418. The Morgan fingerprint density at radius 3 is 1.22 bits per heavy atom. The van der Waals surface area contributed by atoms with Gasteiger partial charge in [-0.3, -0.25) is 9.59 Å². The number of hydrogen-bond donors (Lipinski definition) is 8. The first-order valence-electron chi connectivity index (χ1n) is 10.4. The van der Waals surface area contributed by atoms with Crippen molar-refractivity contribution in [2.75, 3.05) is 63.5 Å². The largest absolute Gasteiger partial charge is 0.362 e. The zero-order chi connectivity index (χ0) is 24.0. The molecule has 2 amide bonds. The van der Waals surface area contributed by atoms with Gasteiger partial charge in [0.1, 0.15) is 0 Å². The molecule has 10 nitrogen and oxygen atoms in total. The van der Waals surface area contributed by atoms with Crippen LogP contribution in [0.3, 0.4) is 0 Å². The highest BCUT2D eigenvalue weighted by atomic mass is 31.2. The molecule has 12 heteroatoms. The third-order valence-electron chi connectivity index (χ3n) is 5.41. The van der Waals surface area contributed by atoms with Gasteiger partial charge in [0.2, 0.25) is 0 Å². The van der Waals surface area contributed by atoms with E-state index in [0.717, 1.165) is 0 Å². The molecular formula is C20H36N2O8P2+2. The van der Waals surface area contributed by atoms with Crippen LogP contribution in [0.1, 0.15) is 33.6 Å². The number of aliphatic hydroxyl groups is 6. The highest BCUT2D eigenvalue weighted by Crippen LogP contribution is 2.56. The predicted molar refractivity (Wildman–Crippen MR) is 126 cm³/mol. The van der Waals surface area contributed by atoms with Crippen LogP contribution in [0.15, 0.2) is 24.3 Å². The van der Waals surface area contributed by atoms with Crippen LogP contribution in [0, 0.1) is 0 Å². The summed E-state index contributed by atoms with van der Waals surface area (Å²) in [6.07, 6.45) is 0.275. The minimum absolute atomic E-state index is 0.209. The lowest BCUT2D eigenvalue weighted by Gasteiger charge is -2.20. The van der Waals surface area contributed by atoms with Gasteiger partial charge in [-0.2, -0.15) is 0 Å². The summed E-state index contributed by atoms with van der Waals surface area (Å²) in [7, 11) is -4.45. The molecule has 0 atom stereocenters. The first-order chi connectivity index (χ1) is 15.4. The van der Waals surface area contributed by atoms with Crippen molar-refractivity contribution < 1.29 is 40.2 Å². The molecule has 8 N–H and O–H groups in total. The molecule has 0 bridgehead atoms. The smallest absolute Gasteiger partial charge is 0.252 e. The standard InChI is InChI=1S/C20H34N2O8P2/c23-11-31(12-24,13-25)9-3-7-21-19(29)17-5-1-2-6-18(17)20(30)22-8-4-10-32(14-26,15-27)16-28/h1-2,5-6,23-28H,3-4,7-16H2/p+2. The first kappa shape index (κ1) is 28.8. The van der Waals surface area contributed by atoms with Crippen molar-refractivity contribution in [3.63, 3.8) is 0 Å². The minimum Gasteiger partial charge on any atom is -0.362 e. The molecule has 1 rings (SSSR count). The average Bonchev–Trinajstić information content (AvgIpc) is 2.85. The molecule has 0 saturated carbocycles. The van der Waals surface area contributed by atoms with Crippen LogP contribution in [-0.2, 0) is 0 Å². The summed E-state index contributed by atoms with van der Waals surface area (Å²) >= 11 is 0. The maximum Gasteiger partial charge on any atom is 0.252 e. The van der Waals surface area contributed by atoms with E-state index in [1.807, 2.05) is 0 Å². The summed E-state index contributed by atoms with van der Waals surface area (Å²) in [4.78, 5) is 25.1. The van der Waals surface area contributed by atoms with Crippen LogP contribution in [0.25, 0.3) is 0 Å². The van der Waals surface area contributed by atoms with E-state index in [2.05, 4.69) is 10.6 Å².